The highest BCUT2D eigenvalue weighted by atomic mass is 14.4. The lowest BCUT2D eigenvalue weighted by atomic mass is 9.62. The van der Waals surface area contributed by atoms with Crippen molar-refractivity contribution < 1.29 is 0 Å². The van der Waals surface area contributed by atoms with E-state index < -0.39 is 0 Å². The van der Waals surface area contributed by atoms with Crippen LogP contribution < -0.4 is 0 Å². The molecule has 0 amide bonds. The minimum Gasteiger partial charge on any atom is -0.0651 e. The van der Waals surface area contributed by atoms with Crippen molar-refractivity contribution in [1.82, 2.24) is 0 Å². The molecule has 0 radical (unpaired) electrons. The van der Waals surface area contributed by atoms with Gasteiger partial charge in [-0.3, -0.25) is 0 Å². The predicted octanol–water partition coefficient (Wildman–Crippen LogP) is 4.10. The van der Waals surface area contributed by atoms with E-state index in [4.69, 9.17) is 0 Å². The fraction of sp³-hybridized carbons (Fsp3) is 1.00. The molecule has 0 aromatic carbocycles. The van der Waals surface area contributed by atoms with E-state index in [-0.39, 0.29) is 0 Å². The molecule has 0 spiro atoms. The van der Waals surface area contributed by atoms with Crippen LogP contribution in [0, 0.1) is 23.7 Å². The normalized spacial score (nSPS) is 34.0. The van der Waals surface area contributed by atoms with Gasteiger partial charge in [0.15, 0.2) is 0 Å². The number of hydrogen-bond acceptors (Lipinski definition) is 0. The molecule has 0 N–H and O–H groups in total. The van der Waals surface area contributed by atoms with Gasteiger partial charge in [0.1, 0.15) is 0 Å². The summed E-state index contributed by atoms with van der Waals surface area (Å²) < 4.78 is 0. The second-order valence-electron chi connectivity index (χ2n) is 4.68. The highest BCUT2D eigenvalue weighted by Crippen LogP contribution is 2.45. The van der Waals surface area contributed by atoms with Gasteiger partial charge < -0.3 is 0 Å². The molecular weight excluding hydrogens is 144 g/mol. The summed E-state index contributed by atoms with van der Waals surface area (Å²) in [6.07, 6.45) is 5.75. The molecule has 1 rings (SSSR count). The van der Waals surface area contributed by atoms with E-state index in [1.807, 2.05) is 0 Å². The Morgan fingerprint density at radius 2 is 1.25 bits per heavy atom. The lowest BCUT2D eigenvalue weighted by Crippen LogP contribution is -2.35. The third-order valence-corrected chi connectivity index (χ3v) is 4.13. The Labute approximate surface area is 77.7 Å². The van der Waals surface area contributed by atoms with Crippen molar-refractivity contribution in [2.75, 3.05) is 0 Å². The monoisotopic (exact) mass is 168 g/mol. The van der Waals surface area contributed by atoms with E-state index in [1.165, 1.54) is 25.7 Å². The fourth-order valence-corrected chi connectivity index (χ4v) is 2.57. The average molecular weight is 168 g/mol. The van der Waals surface area contributed by atoms with Crippen molar-refractivity contribution in [3.63, 3.8) is 0 Å². The summed E-state index contributed by atoms with van der Waals surface area (Å²) in [4.78, 5) is 0. The zero-order valence-electron chi connectivity index (χ0n) is 9.14. The van der Waals surface area contributed by atoms with Crippen LogP contribution >= 0.6 is 0 Å². The standard InChI is InChI=1S/C12H24/c1-5-9(3)11-7-8-12(11)10(4)6-2/h9-12H,5-8H2,1-4H3. The van der Waals surface area contributed by atoms with Gasteiger partial charge in [-0.1, -0.05) is 40.5 Å². The van der Waals surface area contributed by atoms with E-state index in [0.717, 1.165) is 23.7 Å². The highest BCUT2D eigenvalue weighted by Gasteiger charge is 2.36. The molecule has 4 unspecified atom stereocenters. The summed E-state index contributed by atoms with van der Waals surface area (Å²) in [5.41, 5.74) is 0. The van der Waals surface area contributed by atoms with Gasteiger partial charge in [-0.05, 0) is 36.5 Å². The SMILES string of the molecule is CCC(C)C1CCC1C(C)CC. The molecule has 0 heterocycles. The van der Waals surface area contributed by atoms with Gasteiger partial charge in [0, 0.05) is 0 Å². The summed E-state index contributed by atoms with van der Waals surface area (Å²) in [5.74, 6) is 4.06. The maximum atomic E-state index is 2.43. The van der Waals surface area contributed by atoms with Crippen molar-refractivity contribution in [3.05, 3.63) is 0 Å². The van der Waals surface area contributed by atoms with Gasteiger partial charge in [0.2, 0.25) is 0 Å². The first kappa shape index (κ1) is 10.1. The van der Waals surface area contributed by atoms with Gasteiger partial charge in [-0.15, -0.1) is 0 Å². The maximum absolute atomic E-state index is 2.43. The Morgan fingerprint density at radius 1 is 0.917 bits per heavy atom. The third-order valence-electron chi connectivity index (χ3n) is 4.13. The van der Waals surface area contributed by atoms with Crippen LogP contribution in [-0.2, 0) is 0 Å². The second-order valence-corrected chi connectivity index (χ2v) is 4.68. The third kappa shape index (κ3) is 1.84. The first-order valence-electron chi connectivity index (χ1n) is 5.70. The van der Waals surface area contributed by atoms with E-state index >= 15 is 0 Å². The Balaban J connectivity index is 2.37. The van der Waals surface area contributed by atoms with E-state index in [0.29, 0.717) is 0 Å². The van der Waals surface area contributed by atoms with Gasteiger partial charge >= 0.3 is 0 Å². The smallest absolute Gasteiger partial charge is 0.0358 e. The van der Waals surface area contributed by atoms with Crippen molar-refractivity contribution in [2.45, 2.75) is 53.4 Å². The van der Waals surface area contributed by atoms with Crippen molar-refractivity contribution >= 4 is 0 Å². The molecule has 4 atom stereocenters. The van der Waals surface area contributed by atoms with Crippen LogP contribution in [0.2, 0.25) is 0 Å². The van der Waals surface area contributed by atoms with Crippen LogP contribution in [0.15, 0.2) is 0 Å². The topological polar surface area (TPSA) is 0 Å². The Hall–Kier alpha value is 0. The molecule has 1 fully saturated rings. The molecule has 1 saturated carbocycles. The molecule has 72 valence electrons. The Kier molecular flexibility index (Phi) is 3.61. The van der Waals surface area contributed by atoms with Crippen LogP contribution in [0.5, 0.6) is 0 Å². The van der Waals surface area contributed by atoms with Gasteiger partial charge in [0.25, 0.3) is 0 Å². The molecule has 12 heavy (non-hydrogen) atoms. The zero-order valence-corrected chi connectivity index (χ0v) is 9.14. The molecule has 0 nitrogen and oxygen atoms in total. The summed E-state index contributed by atoms with van der Waals surface area (Å²) in [6.45, 7) is 9.52. The molecule has 0 aromatic heterocycles. The van der Waals surface area contributed by atoms with E-state index in [1.54, 1.807) is 0 Å². The Morgan fingerprint density at radius 3 is 1.42 bits per heavy atom. The number of rotatable bonds is 4. The highest BCUT2D eigenvalue weighted by molar-refractivity contribution is 4.86. The van der Waals surface area contributed by atoms with Gasteiger partial charge in [-0.25, -0.2) is 0 Å². The van der Waals surface area contributed by atoms with Crippen molar-refractivity contribution in [2.24, 2.45) is 23.7 Å². The van der Waals surface area contributed by atoms with Gasteiger partial charge in [0.05, 0.1) is 0 Å². The fourth-order valence-electron chi connectivity index (χ4n) is 2.57. The van der Waals surface area contributed by atoms with Crippen LogP contribution in [0.4, 0.5) is 0 Å². The van der Waals surface area contributed by atoms with Crippen LogP contribution in [-0.4, -0.2) is 0 Å². The molecule has 0 aromatic rings. The summed E-state index contributed by atoms with van der Waals surface area (Å²) in [6, 6.07) is 0. The minimum atomic E-state index is 0.970. The molecule has 1 aliphatic rings. The molecular formula is C12H24. The second kappa shape index (κ2) is 4.30. The minimum absolute atomic E-state index is 0.970. The molecule has 0 saturated heterocycles. The molecule has 1 aliphatic carbocycles. The zero-order chi connectivity index (χ0) is 9.14. The predicted molar refractivity (Wildman–Crippen MR) is 55.1 cm³/mol. The van der Waals surface area contributed by atoms with Crippen LogP contribution in [0.25, 0.3) is 0 Å². The average Bonchev–Trinajstić information content (AvgIpc) is 2.02. The quantitative estimate of drug-likeness (QED) is 0.592. The summed E-state index contributed by atoms with van der Waals surface area (Å²) >= 11 is 0. The number of hydrogen-bond donors (Lipinski definition) is 0. The summed E-state index contributed by atoms with van der Waals surface area (Å²) in [7, 11) is 0. The molecule has 0 bridgehead atoms. The van der Waals surface area contributed by atoms with Crippen LogP contribution in [0.1, 0.15) is 53.4 Å². The first-order valence-corrected chi connectivity index (χ1v) is 5.70. The first-order chi connectivity index (χ1) is 5.70. The van der Waals surface area contributed by atoms with Crippen molar-refractivity contribution in [1.29, 1.82) is 0 Å². The maximum Gasteiger partial charge on any atom is -0.0358 e. The van der Waals surface area contributed by atoms with Crippen molar-refractivity contribution in [3.8, 4) is 0 Å². The van der Waals surface area contributed by atoms with Crippen LogP contribution in [0.3, 0.4) is 0 Å². The van der Waals surface area contributed by atoms with E-state index in [2.05, 4.69) is 27.7 Å². The van der Waals surface area contributed by atoms with Gasteiger partial charge in [-0.2, -0.15) is 0 Å². The molecule has 0 aliphatic heterocycles. The lowest BCUT2D eigenvalue weighted by molar-refractivity contribution is 0.0617. The summed E-state index contributed by atoms with van der Waals surface area (Å²) in [5, 5.41) is 0. The van der Waals surface area contributed by atoms with E-state index in [9.17, 15) is 0 Å². The molecule has 0 heteroatoms. The Bertz CT molecular complexity index is 112. The lowest BCUT2D eigenvalue weighted by Gasteiger charge is -2.44. The largest absolute Gasteiger partial charge is 0.0651 e.